The number of carbonyl (C=O) groups is 1. The fraction of sp³-hybridized carbons (Fsp3) is 0.833. The van der Waals surface area contributed by atoms with Crippen molar-refractivity contribution in [2.45, 2.75) is 123 Å². The van der Waals surface area contributed by atoms with Crippen LogP contribution in [0.1, 0.15) is 98.8 Å². The molecule has 0 radical (unpaired) electrons. The van der Waals surface area contributed by atoms with Gasteiger partial charge in [0.05, 0.1) is 0 Å². The van der Waals surface area contributed by atoms with Gasteiger partial charge in [-0.3, -0.25) is 4.79 Å². The molecular weight excluding hydrogens is 420 g/mol. The molecule has 2 nitrogen and oxygen atoms in total. The third kappa shape index (κ3) is 4.28. The molecule has 33 heavy (non-hydrogen) atoms. The molecule has 4 aliphatic carbocycles. The molecule has 4 rings (SSSR count). The van der Waals surface area contributed by atoms with Crippen molar-refractivity contribution in [1.29, 1.82) is 0 Å². The van der Waals surface area contributed by atoms with Gasteiger partial charge in [0.25, 0.3) is 0 Å². The van der Waals surface area contributed by atoms with Crippen molar-refractivity contribution >= 4 is 14.1 Å². The second-order valence-electron chi connectivity index (χ2n) is 14.0. The van der Waals surface area contributed by atoms with Crippen molar-refractivity contribution < 1.29 is 9.22 Å². The van der Waals surface area contributed by atoms with E-state index in [0.29, 0.717) is 35.1 Å². The highest BCUT2D eigenvalue weighted by Gasteiger charge is 2.61. The van der Waals surface area contributed by atoms with Crippen LogP contribution in [0.2, 0.25) is 18.1 Å². The Morgan fingerprint density at radius 1 is 1.15 bits per heavy atom. The summed E-state index contributed by atoms with van der Waals surface area (Å²) in [5.74, 6) is 3.19. The van der Waals surface area contributed by atoms with Gasteiger partial charge in [0.2, 0.25) is 0 Å². The Morgan fingerprint density at radius 3 is 2.52 bits per heavy atom. The highest BCUT2D eigenvalue weighted by Crippen LogP contribution is 2.66. The average Bonchev–Trinajstić information content (AvgIpc) is 2.98. The summed E-state index contributed by atoms with van der Waals surface area (Å²) in [4.78, 5) is 13.2. The first-order valence-corrected chi connectivity index (χ1v) is 16.8. The van der Waals surface area contributed by atoms with Gasteiger partial charge in [0, 0.05) is 17.9 Å². The summed E-state index contributed by atoms with van der Waals surface area (Å²) in [6.45, 7) is 20.7. The first kappa shape index (κ1) is 25.4. The number of rotatable bonds is 6. The summed E-state index contributed by atoms with van der Waals surface area (Å²) in [7, 11) is -1.74. The summed E-state index contributed by atoms with van der Waals surface area (Å²) in [5.41, 5.74) is 1.94. The lowest BCUT2D eigenvalue weighted by Gasteiger charge is -2.58. The molecule has 0 N–H and O–H groups in total. The van der Waals surface area contributed by atoms with E-state index in [1.54, 1.807) is 5.57 Å². The Hall–Kier alpha value is -0.673. The average molecular weight is 471 g/mol. The fourth-order valence-corrected chi connectivity index (χ4v) is 9.56. The third-order valence-electron chi connectivity index (χ3n) is 11.2. The minimum absolute atomic E-state index is 0.0651. The third-order valence-corrected chi connectivity index (χ3v) is 15.7. The lowest BCUT2D eigenvalue weighted by Crippen LogP contribution is -2.52. The first-order chi connectivity index (χ1) is 15.3. The summed E-state index contributed by atoms with van der Waals surface area (Å²) in [6, 6.07) is 0. The number of ketones is 1. The molecule has 0 aromatic rings. The largest absolute Gasteiger partial charge is 0.414 e. The van der Waals surface area contributed by atoms with Crippen LogP contribution in [0.25, 0.3) is 0 Å². The molecule has 3 fully saturated rings. The Bertz CT molecular complexity index is 805. The molecule has 0 aromatic carbocycles. The number of allylic oxidation sites excluding steroid dienone is 2. The van der Waals surface area contributed by atoms with Crippen LogP contribution in [0.15, 0.2) is 24.3 Å². The standard InChI is InChI=1S/C30H50O2Si/c1-9-10-11-12-21-19-26(31)30(6)18-16-25-24(27(21)30)14-13-22-20-23(15-17-29(22,25)5)32-33(7,8)28(2,3)4/h9,13,21,23-25,27H,1,10-12,14-20H2,2-8H3/t21-,23+,24-,25+,27+,29+,30-/m1/s1. The maximum absolute atomic E-state index is 13.2. The van der Waals surface area contributed by atoms with Crippen LogP contribution < -0.4 is 0 Å². The maximum Gasteiger partial charge on any atom is 0.192 e. The molecule has 0 spiro atoms. The molecule has 0 heterocycles. The summed E-state index contributed by atoms with van der Waals surface area (Å²) in [5, 5.41) is 0.267. The molecule has 7 atom stereocenters. The lowest BCUT2D eigenvalue weighted by atomic mass is 9.47. The van der Waals surface area contributed by atoms with Crippen LogP contribution in [-0.2, 0) is 9.22 Å². The second kappa shape index (κ2) is 8.77. The van der Waals surface area contributed by atoms with Crippen molar-refractivity contribution in [3.05, 3.63) is 24.3 Å². The molecule has 0 aliphatic heterocycles. The SMILES string of the molecule is C=CCCC[C@@H]1CC(=O)[C@@]2(C)CC[C@H]3[C@@H](CC=C4C[C@@H](O[Si](C)(C)C(C)(C)C)CC[C@@]43C)[C@H]12. The zero-order valence-corrected chi connectivity index (χ0v) is 23.6. The van der Waals surface area contributed by atoms with E-state index >= 15 is 0 Å². The van der Waals surface area contributed by atoms with Crippen LogP contribution >= 0.6 is 0 Å². The number of carbonyl (C=O) groups excluding carboxylic acids is 1. The van der Waals surface area contributed by atoms with Crippen LogP contribution in [0.5, 0.6) is 0 Å². The topological polar surface area (TPSA) is 26.3 Å². The monoisotopic (exact) mass is 470 g/mol. The van der Waals surface area contributed by atoms with E-state index in [-0.39, 0.29) is 10.5 Å². The van der Waals surface area contributed by atoms with E-state index in [0.717, 1.165) is 31.6 Å². The van der Waals surface area contributed by atoms with E-state index in [1.165, 1.54) is 38.5 Å². The van der Waals surface area contributed by atoms with Gasteiger partial charge in [-0.05, 0) is 105 Å². The van der Waals surface area contributed by atoms with Gasteiger partial charge < -0.3 is 4.43 Å². The van der Waals surface area contributed by atoms with Gasteiger partial charge >= 0.3 is 0 Å². The highest BCUT2D eigenvalue weighted by atomic mass is 28.4. The number of hydrogen-bond donors (Lipinski definition) is 0. The van der Waals surface area contributed by atoms with Crippen molar-refractivity contribution in [1.82, 2.24) is 0 Å². The molecule has 3 heteroatoms. The Morgan fingerprint density at radius 2 is 1.85 bits per heavy atom. The normalized spacial score (nSPS) is 41.1. The van der Waals surface area contributed by atoms with E-state index in [4.69, 9.17) is 4.43 Å². The number of unbranched alkanes of at least 4 members (excludes halogenated alkanes) is 1. The van der Waals surface area contributed by atoms with E-state index in [9.17, 15) is 4.79 Å². The van der Waals surface area contributed by atoms with Gasteiger partial charge in [0.1, 0.15) is 5.78 Å². The number of Topliss-reactive ketones (excluding diaryl/α,β-unsaturated/α-hetero) is 1. The van der Waals surface area contributed by atoms with Crippen LogP contribution in [0, 0.1) is 34.5 Å². The van der Waals surface area contributed by atoms with Gasteiger partial charge in [-0.2, -0.15) is 0 Å². The Labute approximate surface area is 205 Å². The smallest absolute Gasteiger partial charge is 0.192 e. The minimum atomic E-state index is -1.74. The van der Waals surface area contributed by atoms with E-state index in [2.05, 4.69) is 60.4 Å². The Balaban J connectivity index is 1.55. The zero-order valence-electron chi connectivity index (χ0n) is 22.6. The van der Waals surface area contributed by atoms with Crippen molar-refractivity contribution in [3.8, 4) is 0 Å². The molecular formula is C30H50O2Si. The van der Waals surface area contributed by atoms with Gasteiger partial charge in [-0.1, -0.05) is 52.3 Å². The molecule has 0 saturated heterocycles. The van der Waals surface area contributed by atoms with Crippen molar-refractivity contribution in [2.24, 2.45) is 34.5 Å². The molecule has 0 amide bonds. The molecule has 186 valence electrons. The van der Waals surface area contributed by atoms with Gasteiger partial charge in [-0.15, -0.1) is 6.58 Å². The number of hydrogen-bond acceptors (Lipinski definition) is 2. The molecule has 0 unspecified atom stereocenters. The van der Waals surface area contributed by atoms with Crippen molar-refractivity contribution in [3.63, 3.8) is 0 Å². The summed E-state index contributed by atoms with van der Waals surface area (Å²) < 4.78 is 6.89. The predicted molar refractivity (Wildman–Crippen MR) is 142 cm³/mol. The second-order valence-corrected chi connectivity index (χ2v) is 18.7. The van der Waals surface area contributed by atoms with E-state index in [1.807, 2.05) is 6.08 Å². The van der Waals surface area contributed by atoms with Gasteiger partial charge in [-0.25, -0.2) is 0 Å². The van der Waals surface area contributed by atoms with Crippen LogP contribution in [0.4, 0.5) is 0 Å². The van der Waals surface area contributed by atoms with E-state index < -0.39 is 8.32 Å². The molecule has 4 aliphatic rings. The van der Waals surface area contributed by atoms with Crippen LogP contribution in [0.3, 0.4) is 0 Å². The van der Waals surface area contributed by atoms with Crippen molar-refractivity contribution in [2.75, 3.05) is 0 Å². The maximum atomic E-state index is 13.2. The predicted octanol–water partition coefficient (Wildman–Crippen LogP) is 8.49. The first-order valence-electron chi connectivity index (χ1n) is 13.8. The van der Waals surface area contributed by atoms with Crippen LogP contribution in [-0.4, -0.2) is 20.2 Å². The lowest BCUT2D eigenvalue weighted by molar-refractivity contribution is -0.132. The quantitative estimate of drug-likeness (QED) is 0.221. The summed E-state index contributed by atoms with van der Waals surface area (Å²) >= 11 is 0. The molecule has 0 aromatic heterocycles. The van der Waals surface area contributed by atoms with Gasteiger partial charge in [0.15, 0.2) is 8.32 Å². The molecule has 3 saturated carbocycles. The number of fused-ring (bicyclic) bond motifs is 5. The summed E-state index contributed by atoms with van der Waals surface area (Å²) in [6.07, 6.45) is 16.5. The fourth-order valence-electron chi connectivity index (χ4n) is 8.17. The Kier molecular flexibility index (Phi) is 6.75. The highest BCUT2D eigenvalue weighted by molar-refractivity contribution is 6.74. The zero-order chi connectivity index (χ0) is 24.2. The molecule has 0 bridgehead atoms. The minimum Gasteiger partial charge on any atom is -0.414 e.